The van der Waals surface area contributed by atoms with Gasteiger partial charge >= 0.3 is 5.97 Å². The molecule has 2 aromatic rings. The van der Waals surface area contributed by atoms with Gasteiger partial charge in [0, 0.05) is 6.04 Å². The largest absolute Gasteiger partial charge is 0.462 e. The third-order valence-corrected chi connectivity index (χ3v) is 4.43. The molecule has 0 aliphatic heterocycles. The summed E-state index contributed by atoms with van der Waals surface area (Å²) in [5.74, 6) is 0.679. The van der Waals surface area contributed by atoms with E-state index in [0.717, 1.165) is 12.8 Å². The van der Waals surface area contributed by atoms with Gasteiger partial charge in [-0.15, -0.1) is 5.10 Å². The maximum atomic E-state index is 12.1. The van der Waals surface area contributed by atoms with Crippen molar-refractivity contribution in [1.82, 2.24) is 15.2 Å². The zero-order chi connectivity index (χ0) is 18.2. The SMILES string of the molecule is CCOC(=O)c1ccccc1Nc1cnnc(NC2CCCCCC2)n1. The van der Waals surface area contributed by atoms with Gasteiger partial charge in [0.1, 0.15) is 0 Å². The van der Waals surface area contributed by atoms with E-state index in [-0.39, 0.29) is 5.97 Å². The highest BCUT2D eigenvalue weighted by Gasteiger charge is 2.15. The Balaban J connectivity index is 1.72. The van der Waals surface area contributed by atoms with Crippen LogP contribution in [-0.4, -0.2) is 33.8 Å². The molecule has 2 N–H and O–H groups in total. The van der Waals surface area contributed by atoms with Crippen molar-refractivity contribution in [3.8, 4) is 0 Å². The second-order valence-electron chi connectivity index (χ2n) is 6.39. The van der Waals surface area contributed by atoms with E-state index < -0.39 is 0 Å². The minimum absolute atomic E-state index is 0.331. The number of para-hydroxylation sites is 1. The predicted octanol–water partition coefficient (Wildman–Crippen LogP) is 3.93. The molecule has 0 radical (unpaired) electrons. The number of carbonyl (C=O) groups is 1. The summed E-state index contributed by atoms with van der Waals surface area (Å²) in [6.07, 6.45) is 8.86. The van der Waals surface area contributed by atoms with Crippen molar-refractivity contribution in [1.29, 1.82) is 0 Å². The van der Waals surface area contributed by atoms with Gasteiger partial charge in [-0.3, -0.25) is 0 Å². The highest BCUT2D eigenvalue weighted by Crippen LogP contribution is 2.22. The molecule has 0 spiro atoms. The molecule has 0 amide bonds. The Labute approximate surface area is 153 Å². The van der Waals surface area contributed by atoms with Crippen molar-refractivity contribution in [3.05, 3.63) is 36.0 Å². The topological polar surface area (TPSA) is 89.0 Å². The Bertz CT molecular complexity index is 729. The Morgan fingerprint density at radius 3 is 2.73 bits per heavy atom. The molecular weight excluding hydrogens is 330 g/mol. The summed E-state index contributed by atoms with van der Waals surface area (Å²) in [6, 6.07) is 7.58. The van der Waals surface area contributed by atoms with Crippen molar-refractivity contribution in [2.24, 2.45) is 0 Å². The van der Waals surface area contributed by atoms with Crippen LogP contribution in [0.3, 0.4) is 0 Å². The summed E-state index contributed by atoms with van der Waals surface area (Å²) in [7, 11) is 0. The van der Waals surface area contributed by atoms with Gasteiger partial charge in [-0.1, -0.05) is 37.8 Å². The first kappa shape index (κ1) is 18.1. The van der Waals surface area contributed by atoms with Gasteiger partial charge in [0.25, 0.3) is 0 Å². The lowest BCUT2D eigenvalue weighted by atomic mass is 10.1. The summed E-state index contributed by atoms with van der Waals surface area (Å²) in [5.41, 5.74) is 1.10. The van der Waals surface area contributed by atoms with Crippen LogP contribution in [0, 0.1) is 0 Å². The van der Waals surface area contributed by atoms with Crippen LogP contribution in [-0.2, 0) is 4.74 Å². The lowest BCUT2D eigenvalue weighted by molar-refractivity contribution is 0.0527. The number of nitrogens with one attached hydrogen (secondary N) is 2. The monoisotopic (exact) mass is 355 g/mol. The first-order valence-electron chi connectivity index (χ1n) is 9.25. The molecule has 1 aliphatic rings. The molecule has 7 nitrogen and oxygen atoms in total. The maximum absolute atomic E-state index is 12.1. The van der Waals surface area contributed by atoms with Crippen molar-refractivity contribution in [2.75, 3.05) is 17.2 Å². The number of anilines is 3. The van der Waals surface area contributed by atoms with Crippen LogP contribution in [0.5, 0.6) is 0 Å². The van der Waals surface area contributed by atoms with Crippen LogP contribution in [0.1, 0.15) is 55.8 Å². The molecule has 0 bridgehead atoms. The molecule has 1 aliphatic carbocycles. The Morgan fingerprint density at radius 2 is 1.96 bits per heavy atom. The molecule has 1 aromatic carbocycles. The fourth-order valence-electron chi connectivity index (χ4n) is 3.15. The zero-order valence-corrected chi connectivity index (χ0v) is 15.1. The number of esters is 1. The maximum Gasteiger partial charge on any atom is 0.340 e. The molecule has 138 valence electrons. The summed E-state index contributed by atoms with van der Waals surface area (Å²) in [5, 5.41) is 14.7. The van der Waals surface area contributed by atoms with Crippen LogP contribution < -0.4 is 10.6 Å². The van der Waals surface area contributed by atoms with E-state index in [4.69, 9.17) is 4.74 Å². The van der Waals surface area contributed by atoms with E-state index >= 15 is 0 Å². The quantitative estimate of drug-likeness (QED) is 0.599. The molecule has 1 aromatic heterocycles. The van der Waals surface area contributed by atoms with Gasteiger partial charge in [-0.05, 0) is 31.9 Å². The Kier molecular flexibility index (Phi) is 6.35. The first-order chi connectivity index (χ1) is 12.8. The standard InChI is InChI=1S/C19H25N5O2/c1-2-26-18(25)15-11-7-8-12-16(15)22-17-13-20-24-19(23-17)21-14-9-5-3-4-6-10-14/h7-8,11-14H,2-6,9-10H2,1H3,(H2,21,22,23,24). The molecule has 0 unspecified atom stereocenters. The van der Waals surface area contributed by atoms with Gasteiger partial charge in [-0.25, -0.2) is 4.79 Å². The number of carbonyl (C=O) groups excluding carboxylic acids is 1. The third-order valence-electron chi connectivity index (χ3n) is 4.43. The minimum Gasteiger partial charge on any atom is -0.462 e. The molecule has 3 rings (SSSR count). The molecule has 1 saturated carbocycles. The number of hydrogen-bond donors (Lipinski definition) is 2. The molecule has 1 heterocycles. The summed E-state index contributed by atoms with van der Waals surface area (Å²) >= 11 is 0. The molecule has 7 heteroatoms. The molecule has 26 heavy (non-hydrogen) atoms. The smallest absolute Gasteiger partial charge is 0.340 e. The van der Waals surface area contributed by atoms with Crippen molar-refractivity contribution < 1.29 is 9.53 Å². The summed E-state index contributed by atoms with van der Waals surface area (Å²) in [6.45, 7) is 2.12. The Morgan fingerprint density at radius 1 is 1.19 bits per heavy atom. The average Bonchev–Trinajstić information content (AvgIpc) is 2.91. The lowest BCUT2D eigenvalue weighted by Gasteiger charge is -2.16. The predicted molar refractivity (Wildman–Crippen MR) is 101 cm³/mol. The summed E-state index contributed by atoms with van der Waals surface area (Å²) < 4.78 is 5.10. The van der Waals surface area contributed by atoms with Crippen LogP contribution in [0.25, 0.3) is 0 Å². The van der Waals surface area contributed by atoms with E-state index in [1.54, 1.807) is 25.3 Å². The normalized spacial score (nSPS) is 15.1. The molecular formula is C19H25N5O2. The highest BCUT2D eigenvalue weighted by molar-refractivity contribution is 5.96. The second-order valence-corrected chi connectivity index (χ2v) is 6.39. The number of hydrogen-bond acceptors (Lipinski definition) is 7. The molecule has 1 fully saturated rings. The van der Waals surface area contributed by atoms with Gasteiger partial charge in [0.2, 0.25) is 5.95 Å². The average molecular weight is 355 g/mol. The summed E-state index contributed by atoms with van der Waals surface area (Å²) in [4.78, 5) is 16.6. The number of ether oxygens (including phenoxy) is 1. The highest BCUT2D eigenvalue weighted by atomic mass is 16.5. The molecule has 0 atom stereocenters. The van der Waals surface area contributed by atoms with Gasteiger partial charge < -0.3 is 15.4 Å². The van der Waals surface area contributed by atoms with Gasteiger partial charge in [0.05, 0.1) is 24.1 Å². The third kappa shape index (κ3) is 4.91. The second kappa shape index (κ2) is 9.12. The van der Waals surface area contributed by atoms with Crippen molar-refractivity contribution in [2.45, 2.75) is 51.5 Å². The van der Waals surface area contributed by atoms with Crippen LogP contribution in [0.2, 0.25) is 0 Å². The zero-order valence-electron chi connectivity index (χ0n) is 15.1. The van der Waals surface area contributed by atoms with E-state index in [1.807, 2.05) is 12.1 Å². The van der Waals surface area contributed by atoms with E-state index in [2.05, 4.69) is 25.8 Å². The van der Waals surface area contributed by atoms with Crippen molar-refractivity contribution >= 4 is 23.4 Å². The van der Waals surface area contributed by atoms with Gasteiger partial charge in [-0.2, -0.15) is 10.1 Å². The van der Waals surface area contributed by atoms with Crippen LogP contribution >= 0.6 is 0 Å². The number of rotatable bonds is 6. The lowest BCUT2D eigenvalue weighted by Crippen LogP contribution is -2.20. The molecule has 0 saturated heterocycles. The van der Waals surface area contributed by atoms with Crippen LogP contribution in [0.15, 0.2) is 30.5 Å². The fourth-order valence-corrected chi connectivity index (χ4v) is 3.15. The van der Waals surface area contributed by atoms with Crippen molar-refractivity contribution in [3.63, 3.8) is 0 Å². The first-order valence-corrected chi connectivity index (χ1v) is 9.25. The fraction of sp³-hybridized carbons (Fsp3) is 0.474. The van der Waals surface area contributed by atoms with E-state index in [9.17, 15) is 4.79 Å². The number of aromatic nitrogens is 3. The van der Waals surface area contributed by atoms with Crippen LogP contribution in [0.4, 0.5) is 17.5 Å². The minimum atomic E-state index is -0.366. The van der Waals surface area contributed by atoms with E-state index in [1.165, 1.54) is 25.7 Å². The van der Waals surface area contributed by atoms with Gasteiger partial charge in [0.15, 0.2) is 5.82 Å². The number of benzene rings is 1. The Hall–Kier alpha value is -2.70. The van der Waals surface area contributed by atoms with E-state index in [0.29, 0.717) is 35.7 Å². The number of nitrogens with zero attached hydrogens (tertiary/aromatic N) is 3.